The van der Waals surface area contributed by atoms with E-state index in [4.69, 9.17) is 10.5 Å². The Labute approximate surface area is 76.7 Å². The van der Waals surface area contributed by atoms with Crippen LogP contribution in [0.4, 0.5) is 15.8 Å². The van der Waals surface area contributed by atoms with Gasteiger partial charge in [-0.1, -0.05) is 0 Å². The highest BCUT2D eigenvalue weighted by atomic mass is 19.1. The summed E-state index contributed by atoms with van der Waals surface area (Å²) in [6, 6.07) is 4.26. The van der Waals surface area contributed by atoms with E-state index < -0.39 is 0 Å². The standard InChI is InChI=1S/C9H13FN2O/c1-13-5-4-12-9-3-2-7(10)6-8(9)11/h2-3,6,12H,4-5,11H2,1H3. The lowest BCUT2D eigenvalue weighted by Gasteiger charge is -2.08. The molecule has 0 aliphatic carbocycles. The summed E-state index contributed by atoms with van der Waals surface area (Å²) >= 11 is 0. The Hall–Kier alpha value is -1.29. The molecule has 3 nitrogen and oxygen atoms in total. The van der Waals surface area contributed by atoms with Crippen LogP contribution in [0.5, 0.6) is 0 Å². The maximum Gasteiger partial charge on any atom is 0.125 e. The van der Waals surface area contributed by atoms with Crippen molar-refractivity contribution in [3.05, 3.63) is 24.0 Å². The monoisotopic (exact) mass is 184 g/mol. The SMILES string of the molecule is COCCNc1ccc(F)cc1N. The Balaban J connectivity index is 2.56. The van der Waals surface area contributed by atoms with Crippen LogP contribution in [0.15, 0.2) is 18.2 Å². The highest BCUT2D eigenvalue weighted by Gasteiger charge is 1.98. The van der Waals surface area contributed by atoms with E-state index in [0.717, 1.165) is 5.69 Å². The van der Waals surface area contributed by atoms with Crippen LogP contribution in [-0.4, -0.2) is 20.3 Å². The molecule has 72 valence electrons. The van der Waals surface area contributed by atoms with Crippen molar-refractivity contribution in [2.75, 3.05) is 31.3 Å². The Bertz CT molecular complexity index is 278. The zero-order chi connectivity index (χ0) is 9.68. The molecule has 0 saturated heterocycles. The smallest absolute Gasteiger partial charge is 0.125 e. The van der Waals surface area contributed by atoms with Gasteiger partial charge in [0.25, 0.3) is 0 Å². The first-order valence-corrected chi connectivity index (χ1v) is 4.02. The highest BCUT2D eigenvalue weighted by molar-refractivity contribution is 5.65. The number of nitrogens with one attached hydrogen (secondary N) is 1. The molecule has 0 radical (unpaired) electrons. The minimum atomic E-state index is -0.324. The Morgan fingerprint density at radius 1 is 1.54 bits per heavy atom. The highest BCUT2D eigenvalue weighted by Crippen LogP contribution is 2.18. The number of methoxy groups -OCH3 is 1. The van der Waals surface area contributed by atoms with Gasteiger partial charge in [-0.15, -0.1) is 0 Å². The molecule has 13 heavy (non-hydrogen) atoms. The normalized spacial score (nSPS) is 10.0. The van der Waals surface area contributed by atoms with Crippen LogP contribution in [0.25, 0.3) is 0 Å². The number of nitrogens with two attached hydrogens (primary N) is 1. The Morgan fingerprint density at radius 3 is 2.92 bits per heavy atom. The summed E-state index contributed by atoms with van der Waals surface area (Å²) in [5.74, 6) is -0.324. The third-order valence-electron chi connectivity index (χ3n) is 1.64. The predicted molar refractivity (Wildman–Crippen MR) is 51.2 cm³/mol. The molecule has 0 aliphatic rings. The molecule has 0 bridgehead atoms. The summed E-state index contributed by atoms with van der Waals surface area (Å²) in [5.41, 5.74) is 6.71. The van der Waals surface area contributed by atoms with Gasteiger partial charge in [0.05, 0.1) is 18.0 Å². The maximum atomic E-state index is 12.6. The van der Waals surface area contributed by atoms with Crippen molar-refractivity contribution in [3.63, 3.8) is 0 Å². The van der Waals surface area contributed by atoms with Crippen LogP contribution in [0, 0.1) is 5.82 Å². The minimum Gasteiger partial charge on any atom is -0.397 e. The van der Waals surface area contributed by atoms with E-state index in [9.17, 15) is 4.39 Å². The van der Waals surface area contributed by atoms with Gasteiger partial charge in [0.2, 0.25) is 0 Å². The first-order chi connectivity index (χ1) is 6.24. The van der Waals surface area contributed by atoms with Gasteiger partial charge in [-0.3, -0.25) is 0 Å². The zero-order valence-corrected chi connectivity index (χ0v) is 7.51. The Morgan fingerprint density at radius 2 is 2.31 bits per heavy atom. The average molecular weight is 184 g/mol. The second-order valence-electron chi connectivity index (χ2n) is 2.65. The Kier molecular flexibility index (Phi) is 3.52. The average Bonchev–Trinajstić information content (AvgIpc) is 2.09. The van der Waals surface area contributed by atoms with Gasteiger partial charge in [-0.2, -0.15) is 0 Å². The van der Waals surface area contributed by atoms with Crippen LogP contribution in [-0.2, 0) is 4.74 Å². The molecule has 0 aliphatic heterocycles. The number of hydrogen-bond donors (Lipinski definition) is 2. The molecule has 0 saturated carbocycles. The van der Waals surface area contributed by atoms with Gasteiger partial charge in [0.15, 0.2) is 0 Å². The van der Waals surface area contributed by atoms with Crippen molar-refractivity contribution in [1.82, 2.24) is 0 Å². The van der Waals surface area contributed by atoms with Crippen LogP contribution < -0.4 is 11.1 Å². The van der Waals surface area contributed by atoms with E-state index in [1.165, 1.54) is 12.1 Å². The number of hydrogen-bond acceptors (Lipinski definition) is 3. The second kappa shape index (κ2) is 4.67. The molecule has 1 aromatic rings. The summed E-state index contributed by atoms with van der Waals surface area (Å²) in [7, 11) is 1.62. The molecular weight excluding hydrogens is 171 g/mol. The van der Waals surface area contributed by atoms with Crippen LogP contribution in [0.3, 0.4) is 0 Å². The fraction of sp³-hybridized carbons (Fsp3) is 0.333. The van der Waals surface area contributed by atoms with Crippen molar-refractivity contribution < 1.29 is 9.13 Å². The molecule has 0 unspecified atom stereocenters. The first-order valence-electron chi connectivity index (χ1n) is 4.02. The van der Waals surface area contributed by atoms with Gasteiger partial charge in [0, 0.05) is 13.7 Å². The van der Waals surface area contributed by atoms with E-state index in [0.29, 0.717) is 18.8 Å². The number of nitrogen functional groups attached to an aromatic ring is 1. The van der Waals surface area contributed by atoms with E-state index in [2.05, 4.69) is 5.32 Å². The van der Waals surface area contributed by atoms with Crippen molar-refractivity contribution in [2.24, 2.45) is 0 Å². The lowest BCUT2D eigenvalue weighted by atomic mass is 10.2. The zero-order valence-electron chi connectivity index (χ0n) is 7.51. The third kappa shape index (κ3) is 2.91. The van der Waals surface area contributed by atoms with Crippen molar-refractivity contribution in [3.8, 4) is 0 Å². The van der Waals surface area contributed by atoms with Gasteiger partial charge in [-0.05, 0) is 18.2 Å². The summed E-state index contributed by atoms with van der Waals surface area (Å²) < 4.78 is 17.5. The quantitative estimate of drug-likeness (QED) is 0.550. The molecule has 3 N–H and O–H groups in total. The van der Waals surface area contributed by atoms with Gasteiger partial charge in [0.1, 0.15) is 5.82 Å². The van der Waals surface area contributed by atoms with Crippen LogP contribution in [0.1, 0.15) is 0 Å². The molecule has 4 heteroatoms. The van der Waals surface area contributed by atoms with Crippen molar-refractivity contribution >= 4 is 11.4 Å². The molecule has 0 atom stereocenters. The maximum absolute atomic E-state index is 12.6. The number of benzene rings is 1. The number of anilines is 2. The molecule has 0 amide bonds. The number of rotatable bonds is 4. The second-order valence-corrected chi connectivity index (χ2v) is 2.65. The molecule has 0 spiro atoms. The van der Waals surface area contributed by atoms with Gasteiger partial charge in [-0.25, -0.2) is 4.39 Å². The summed E-state index contributed by atoms with van der Waals surface area (Å²) in [5, 5.41) is 3.02. The fourth-order valence-corrected chi connectivity index (χ4v) is 0.982. The fourth-order valence-electron chi connectivity index (χ4n) is 0.982. The molecule has 1 aromatic carbocycles. The lowest BCUT2D eigenvalue weighted by Crippen LogP contribution is -2.09. The van der Waals surface area contributed by atoms with Gasteiger partial charge >= 0.3 is 0 Å². The molecule has 0 heterocycles. The van der Waals surface area contributed by atoms with E-state index in [1.807, 2.05) is 0 Å². The van der Waals surface area contributed by atoms with E-state index in [-0.39, 0.29) is 5.82 Å². The van der Waals surface area contributed by atoms with Crippen LogP contribution in [0.2, 0.25) is 0 Å². The van der Waals surface area contributed by atoms with E-state index >= 15 is 0 Å². The lowest BCUT2D eigenvalue weighted by molar-refractivity contribution is 0.211. The van der Waals surface area contributed by atoms with Gasteiger partial charge < -0.3 is 15.8 Å². The molecule has 1 rings (SSSR count). The van der Waals surface area contributed by atoms with E-state index in [1.54, 1.807) is 13.2 Å². The minimum absolute atomic E-state index is 0.324. The summed E-state index contributed by atoms with van der Waals surface area (Å²) in [6.07, 6.45) is 0. The van der Waals surface area contributed by atoms with Crippen LogP contribution >= 0.6 is 0 Å². The number of ether oxygens (including phenoxy) is 1. The number of halogens is 1. The predicted octanol–water partition coefficient (Wildman–Crippen LogP) is 1.47. The van der Waals surface area contributed by atoms with Crippen molar-refractivity contribution in [2.45, 2.75) is 0 Å². The van der Waals surface area contributed by atoms with Crippen molar-refractivity contribution in [1.29, 1.82) is 0 Å². The molecule has 0 aromatic heterocycles. The third-order valence-corrected chi connectivity index (χ3v) is 1.64. The summed E-state index contributed by atoms with van der Waals surface area (Å²) in [6.45, 7) is 1.25. The molecular formula is C9H13FN2O. The first kappa shape index (κ1) is 9.80. The summed E-state index contributed by atoms with van der Waals surface area (Å²) in [4.78, 5) is 0. The molecule has 0 fully saturated rings. The topological polar surface area (TPSA) is 47.3 Å². The largest absolute Gasteiger partial charge is 0.397 e.